The Hall–Kier alpha value is -3.73. The molecule has 2 aromatic carbocycles. The summed E-state index contributed by atoms with van der Waals surface area (Å²) in [5.74, 6) is -0.887. The quantitative estimate of drug-likeness (QED) is 0.180. The van der Waals surface area contributed by atoms with E-state index in [1.807, 2.05) is 50.2 Å². The number of nitrogens with zero attached hydrogens (tertiary/aromatic N) is 1. The van der Waals surface area contributed by atoms with Crippen LogP contribution in [0.4, 0.5) is 16.2 Å². The third kappa shape index (κ3) is 5.36. The normalized spacial score (nSPS) is 11.9. The summed E-state index contributed by atoms with van der Waals surface area (Å²) in [6, 6.07) is 19.2. The number of carbonyl (C=O) groups excluding carboxylic acids is 1. The largest absolute Gasteiger partial charge is 0.481 e. The summed E-state index contributed by atoms with van der Waals surface area (Å²) >= 11 is 4.58. The maximum Gasteiger partial charge on any atom is 0.412 e. The molecule has 0 fully saturated rings. The highest BCUT2D eigenvalue weighted by Crippen LogP contribution is 2.46. The predicted octanol–water partition coefficient (Wildman–Crippen LogP) is 7.58. The molecule has 3 heterocycles. The van der Waals surface area contributed by atoms with Crippen LogP contribution in [0.5, 0.6) is 0 Å². The molecule has 0 aliphatic heterocycles. The fourth-order valence-corrected chi connectivity index (χ4v) is 7.36. The Morgan fingerprint density at radius 1 is 1.05 bits per heavy atom. The van der Waals surface area contributed by atoms with Crippen LogP contribution in [0.2, 0.25) is 0 Å². The molecule has 3 aromatic heterocycles. The zero-order valence-corrected chi connectivity index (χ0v) is 22.4. The highest BCUT2D eigenvalue weighted by atomic mass is 32.1. The van der Waals surface area contributed by atoms with Crippen molar-refractivity contribution in [2.24, 2.45) is 0 Å². The van der Waals surface area contributed by atoms with Crippen molar-refractivity contribution in [2.75, 3.05) is 11.1 Å². The van der Waals surface area contributed by atoms with E-state index in [1.54, 1.807) is 34.8 Å². The monoisotopic (exact) mass is 549 g/mol. The van der Waals surface area contributed by atoms with Crippen molar-refractivity contribution in [1.29, 1.82) is 0 Å². The number of amides is 1. The van der Waals surface area contributed by atoms with E-state index in [-0.39, 0.29) is 12.5 Å². The van der Waals surface area contributed by atoms with Gasteiger partial charge < -0.3 is 15.6 Å². The Labute approximate surface area is 225 Å². The summed E-state index contributed by atoms with van der Waals surface area (Å²) in [5.41, 5.74) is 10.7. The number of nitrogen functional groups attached to an aromatic ring is 1. The van der Waals surface area contributed by atoms with Crippen LogP contribution in [-0.2, 0) is 16.0 Å². The number of carbonyl (C=O) groups is 2. The van der Waals surface area contributed by atoms with E-state index in [9.17, 15) is 9.59 Å². The SMILES string of the molecule is Cc1nsc(-c2cc3sc(-c4ccc(CC(=O)O)cc4N)cc3s2)c1NC(=O)O[C@H](C)c1ccccc1. The molecule has 4 N–H and O–H groups in total. The fraction of sp³-hybridized carbons (Fsp3) is 0.148. The maximum atomic E-state index is 12.7. The van der Waals surface area contributed by atoms with E-state index in [2.05, 4.69) is 21.8 Å². The van der Waals surface area contributed by atoms with Gasteiger partial charge in [0.05, 0.1) is 27.6 Å². The molecule has 5 rings (SSSR count). The lowest BCUT2D eigenvalue weighted by molar-refractivity contribution is -0.136. The second-order valence-electron chi connectivity index (χ2n) is 8.50. The highest BCUT2D eigenvalue weighted by molar-refractivity contribution is 7.32. The average molecular weight is 550 g/mol. The zero-order chi connectivity index (χ0) is 26.1. The Kier molecular flexibility index (Phi) is 6.96. The number of aliphatic carboxylic acids is 1. The van der Waals surface area contributed by atoms with Crippen LogP contribution in [0.15, 0.2) is 60.7 Å². The van der Waals surface area contributed by atoms with Gasteiger partial charge in [-0.3, -0.25) is 10.1 Å². The molecule has 5 aromatic rings. The van der Waals surface area contributed by atoms with Crippen molar-refractivity contribution in [3.05, 3.63) is 77.5 Å². The maximum absolute atomic E-state index is 12.7. The number of aromatic nitrogens is 1. The molecule has 0 radical (unpaired) electrons. The zero-order valence-electron chi connectivity index (χ0n) is 20.0. The van der Waals surface area contributed by atoms with E-state index in [1.165, 1.54) is 11.5 Å². The molecule has 1 atom stereocenters. The highest BCUT2D eigenvalue weighted by Gasteiger charge is 2.20. The number of carboxylic acids is 1. The molecule has 0 unspecified atom stereocenters. The number of aryl methyl sites for hydroxylation is 1. The van der Waals surface area contributed by atoms with Gasteiger partial charge in [-0.25, -0.2) is 4.79 Å². The van der Waals surface area contributed by atoms with E-state index in [0.29, 0.717) is 16.9 Å². The van der Waals surface area contributed by atoms with Crippen LogP contribution >= 0.6 is 34.2 Å². The van der Waals surface area contributed by atoms with Gasteiger partial charge in [0.25, 0.3) is 0 Å². The van der Waals surface area contributed by atoms with Gasteiger partial charge in [0.2, 0.25) is 0 Å². The summed E-state index contributed by atoms with van der Waals surface area (Å²) in [7, 11) is 0. The van der Waals surface area contributed by atoms with E-state index in [4.69, 9.17) is 15.6 Å². The molecule has 0 saturated heterocycles. The van der Waals surface area contributed by atoms with Crippen LogP contribution in [-0.4, -0.2) is 21.5 Å². The summed E-state index contributed by atoms with van der Waals surface area (Å²) in [6.45, 7) is 3.70. The first-order chi connectivity index (χ1) is 17.8. The number of nitrogens with one attached hydrogen (secondary N) is 1. The van der Waals surface area contributed by atoms with Crippen LogP contribution in [0.25, 0.3) is 29.6 Å². The summed E-state index contributed by atoms with van der Waals surface area (Å²) in [4.78, 5) is 26.6. The number of rotatable bonds is 7. The Morgan fingerprint density at radius 2 is 1.76 bits per heavy atom. The molecular formula is C27H23N3O4S3. The van der Waals surface area contributed by atoms with Crippen molar-refractivity contribution >= 4 is 67.0 Å². The predicted molar refractivity (Wildman–Crippen MR) is 152 cm³/mol. The average Bonchev–Trinajstić information content (AvgIpc) is 3.53. The van der Waals surface area contributed by atoms with Gasteiger partial charge in [0, 0.05) is 25.5 Å². The molecule has 0 bridgehead atoms. The number of benzene rings is 2. The Bertz CT molecular complexity index is 1570. The number of carboxylic acid groups (broad SMARTS) is 1. The molecule has 0 spiro atoms. The number of fused-ring (bicyclic) bond motifs is 1. The number of hydrogen-bond acceptors (Lipinski definition) is 8. The van der Waals surface area contributed by atoms with Gasteiger partial charge in [0.1, 0.15) is 6.10 Å². The fourth-order valence-electron chi connectivity index (χ4n) is 3.97. The van der Waals surface area contributed by atoms with Crippen molar-refractivity contribution in [1.82, 2.24) is 4.37 Å². The molecule has 0 aliphatic rings. The second kappa shape index (κ2) is 10.3. The summed E-state index contributed by atoms with van der Waals surface area (Å²) in [6.07, 6.45) is -0.965. The van der Waals surface area contributed by atoms with Gasteiger partial charge in [0.15, 0.2) is 0 Å². The first-order valence-electron chi connectivity index (χ1n) is 11.4. The van der Waals surface area contributed by atoms with Crippen LogP contribution in [0.1, 0.15) is 29.8 Å². The molecule has 0 saturated carbocycles. The molecule has 37 heavy (non-hydrogen) atoms. The lowest BCUT2D eigenvalue weighted by Gasteiger charge is -2.14. The summed E-state index contributed by atoms with van der Waals surface area (Å²) in [5, 5.41) is 11.9. The van der Waals surface area contributed by atoms with Gasteiger partial charge >= 0.3 is 12.1 Å². The first kappa shape index (κ1) is 24.9. The minimum Gasteiger partial charge on any atom is -0.481 e. The summed E-state index contributed by atoms with van der Waals surface area (Å²) < 4.78 is 12.3. The van der Waals surface area contributed by atoms with Gasteiger partial charge in [-0.05, 0) is 54.7 Å². The standard InChI is InChI=1S/C27H23N3O4S3/c1-14-25(29-27(33)34-15(2)17-6-4-3-5-7-17)26(37-30-14)23-13-22-21(36-23)12-20(35-22)18-9-8-16(10-19(18)28)11-24(31)32/h3-10,12-13,15H,11,28H2,1-2H3,(H,29,33)(H,31,32)/t15-/m1/s1. The van der Waals surface area contributed by atoms with Crippen molar-refractivity contribution in [2.45, 2.75) is 26.4 Å². The number of ether oxygens (including phenoxy) is 1. The molecule has 10 heteroatoms. The van der Waals surface area contributed by atoms with Crippen LogP contribution in [0, 0.1) is 6.92 Å². The smallest absolute Gasteiger partial charge is 0.412 e. The minimum absolute atomic E-state index is 0.0588. The third-order valence-corrected chi connectivity index (χ3v) is 9.26. The molecule has 0 aliphatic carbocycles. The van der Waals surface area contributed by atoms with Crippen molar-refractivity contribution in [3.63, 3.8) is 0 Å². The van der Waals surface area contributed by atoms with Crippen LogP contribution in [0.3, 0.4) is 0 Å². The number of nitrogens with two attached hydrogens (primary N) is 1. The lowest BCUT2D eigenvalue weighted by atomic mass is 10.1. The lowest BCUT2D eigenvalue weighted by Crippen LogP contribution is -2.16. The number of hydrogen-bond donors (Lipinski definition) is 3. The van der Waals surface area contributed by atoms with E-state index >= 15 is 0 Å². The second-order valence-corrected chi connectivity index (χ2v) is 11.4. The third-order valence-electron chi connectivity index (χ3n) is 5.81. The first-order valence-corrected chi connectivity index (χ1v) is 13.8. The molecule has 188 valence electrons. The van der Waals surface area contributed by atoms with Crippen molar-refractivity contribution in [3.8, 4) is 20.2 Å². The van der Waals surface area contributed by atoms with E-state index in [0.717, 1.165) is 40.9 Å². The number of thiophene rings is 2. The topological polar surface area (TPSA) is 115 Å². The van der Waals surface area contributed by atoms with Crippen LogP contribution < -0.4 is 11.1 Å². The van der Waals surface area contributed by atoms with Gasteiger partial charge in [-0.2, -0.15) is 4.37 Å². The molecular weight excluding hydrogens is 527 g/mol. The van der Waals surface area contributed by atoms with Crippen molar-refractivity contribution < 1.29 is 19.4 Å². The Balaban J connectivity index is 1.36. The minimum atomic E-state index is -0.887. The van der Waals surface area contributed by atoms with Gasteiger partial charge in [-0.1, -0.05) is 42.5 Å². The Morgan fingerprint density at radius 3 is 2.46 bits per heavy atom. The van der Waals surface area contributed by atoms with Gasteiger partial charge in [-0.15, -0.1) is 22.7 Å². The molecule has 7 nitrogen and oxygen atoms in total. The molecule has 1 amide bonds. The number of anilines is 2. The van der Waals surface area contributed by atoms with E-state index < -0.39 is 12.1 Å².